The van der Waals surface area contributed by atoms with Gasteiger partial charge in [-0.2, -0.15) is 0 Å². The van der Waals surface area contributed by atoms with Crippen molar-refractivity contribution in [3.05, 3.63) is 92.4 Å². The number of halogens is 3. The van der Waals surface area contributed by atoms with Gasteiger partial charge >= 0.3 is 0 Å². The van der Waals surface area contributed by atoms with E-state index < -0.39 is 5.91 Å². The van der Waals surface area contributed by atoms with Crippen LogP contribution in [0.1, 0.15) is 33.2 Å². The largest absolute Gasteiger partial charge is 0.492 e. The van der Waals surface area contributed by atoms with Gasteiger partial charge in [-0.25, -0.2) is 0 Å². The molecule has 0 unspecified atom stereocenters. The van der Waals surface area contributed by atoms with Crippen molar-refractivity contribution >= 4 is 52.2 Å². The summed E-state index contributed by atoms with van der Waals surface area (Å²) in [5, 5.41) is 3.92. The Morgan fingerprint density at radius 1 is 0.900 bits per heavy atom. The van der Waals surface area contributed by atoms with Gasteiger partial charge in [0.1, 0.15) is 5.75 Å². The van der Waals surface area contributed by atoms with Crippen molar-refractivity contribution in [2.24, 2.45) is 0 Å². The Morgan fingerprint density at radius 2 is 1.60 bits per heavy atom. The summed E-state index contributed by atoms with van der Waals surface area (Å²) in [6.45, 7) is 2.33. The minimum Gasteiger partial charge on any atom is -0.492 e. The fraction of sp³-hybridized carbons (Fsp3) is 0.130. The molecule has 7 heteroatoms. The molecule has 0 fully saturated rings. The molecule has 30 heavy (non-hydrogen) atoms. The van der Waals surface area contributed by atoms with Crippen LogP contribution in [0.2, 0.25) is 15.1 Å². The molecular formula is C23H18Cl3NO3. The van der Waals surface area contributed by atoms with Crippen LogP contribution in [0.3, 0.4) is 0 Å². The number of rotatable bonds is 7. The van der Waals surface area contributed by atoms with Crippen molar-refractivity contribution in [2.45, 2.75) is 13.3 Å². The van der Waals surface area contributed by atoms with Crippen LogP contribution in [0.25, 0.3) is 0 Å². The lowest BCUT2D eigenvalue weighted by Gasteiger charge is -2.14. The van der Waals surface area contributed by atoms with Crippen LogP contribution in [0.15, 0.2) is 60.7 Å². The van der Waals surface area contributed by atoms with Crippen LogP contribution in [0.5, 0.6) is 5.75 Å². The summed E-state index contributed by atoms with van der Waals surface area (Å²) >= 11 is 18.2. The minimum atomic E-state index is -0.394. The number of benzene rings is 3. The number of carbonyl (C=O) groups excluding carboxylic acids is 2. The molecule has 0 aliphatic rings. The van der Waals surface area contributed by atoms with Crippen molar-refractivity contribution < 1.29 is 14.3 Å². The third-order valence-electron chi connectivity index (χ3n) is 4.33. The topological polar surface area (TPSA) is 55.4 Å². The summed E-state index contributed by atoms with van der Waals surface area (Å²) in [6.07, 6.45) is -0.0195. The molecule has 0 aliphatic heterocycles. The molecule has 0 spiro atoms. The average molecular weight is 463 g/mol. The van der Waals surface area contributed by atoms with E-state index in [4.69, 9.17) is 39.5 Å². The second kappa shape index (κ2) is 9.98. The molecule has 0 atom stereocenters. The van der Waals surface area contributed by atoms with Gasteiger partial charge in [-0.3, -0.25) is 9.59 Å². The maximum absolute atomic E-state index is 13.0. The highest BCUT2D eigenvalue weighted by Crippen LogP contribution is 2.27. The van der Waals surface area contributed by atoms with E-state index in [1.165, 1.54) is 12.1 Å². The van der Waals surface area contributed by atoms with Crippen molar-refractivity contribution in [3.63, 3.8) is 0 Å². The summed E-state index contributed by atoms with van der Waals surface area (Å²) in [4.78, 5) is 25.8. The number of Topliss-reactive ketones (excluding diaryl/α,β-unsaturated/α-hetero) is 1. The number of para-hydroxylation sites is 2. The molecule has 0 heterocycles. The van der Waals surface area contributed by atoms with Gasteiger partial charge in [0.05, 0.1) is 17.3 Å². The number of carbonyl (C=O) groups is 2. The summed E-state index contributed by atoms with van der Waals surface area (Å²) in [5.74, 6) is -0.0710. The van der Waals surface area contributed by atoms with E-state index in [2.05, 4.69) is 5.32 Å². The molecule has 154 valence electrons. The highest BCUT2D eigenvalue weighted by atomic mass is 35.5. The van der Waals surface area contributed by atoms with E-state index >= 15 is 0 Å². The lowest BCUT2D eigenvalue weighted by Crippen LogP contribution is -2.17. The summed E-state index contributed by atoms with van der Waals surface area (Å²) in [5.41, 5.74) is 1.69. The van der Waals surface area contributed by atoms with E-state index in [0.29, 0.717) is 44.8 Å². The Balaban J connectivity index is 1.88. The first-order valence-corrected chi connectivity index (χ1v) is 10.3. The standard InChI is InChI=1S/C23H18Cl3NO3/c1-2-30-22-6-4-3-5-20(22)27-23(29)18-12-15(24)8-7-14(18)11-21(28)17-10-9-16(25)13-19(17)26/h3-10,12-13H,2,11H2,1H3,(H,27,29). The van der Waals surface area contributed by atoms with Crippen molar-refractivity contribution in [1.82, 2.24) is 0 Å². The molecule has 1 amide bonds. The predicted octanol–water partition coefficient (Wildman–Crippen LogP) is 6.72. The highest BCUT2D eigenvalue weighted by molar-refractivity contribution is 6.37. The third kappa shape index (κ3) is 5.33. The van der Waals surface area contributed by atoms with Gasteiger partial charge in [0.2, 0.25) is 0 Å². The fourth-order valence-electron chi connectivity index (χ4n) is 2.94. The lowest BCUT2D eigenvalue weighted by molar-refractivity contribution is 0.0992. The zero-order valence-corrected chi connectivity index (χ0v) is 18.3. The molecule has 0 bridgehead atoms. The summed E-state index contributed by atoms with van der Waals surface area (Å²) in [6, 6.07) is 16.6. The normalized spacial score (nSPS) is 10.5. The van der Waals surface area contributed by atoms with Crippen LogP contribution < -0.4 is 10.1 Å². The maximum Gasteiger partial charge on any atom is 0.256 e. The molecule has 3 rings (SSSR count). The number of hydrogen-bond acceptors (Lipinski definition) is 3. The molecule has 0 aliphatic carbocycles. The Bertz CT molecular complexity index is 1100. The molecule has 0 aromatic heterocycles. The fourth-order valence-corrected chi connectivity index (χ4v) is 3.62. The zero-order chi connectivity index (χ0) is 21.7. The van der Waals surface area contributed by atoms with Gasteiger partial charge in [-0.05, 0) is 55.0 Å². The number of ether oxygens (including phenoxy) is 1. The van der Waals surface area contributed by atoms with Gasteiger partial charge in [-0.15, -0.1) is 0 Å². The van der Waals surface area contributed by atoms with E-state index in [9.17, 15) is 9.59 Å². The molecule has 3 aromatic rings. The molecule has 0 saturated heterocycles. The van der Waals surface area contributed by atoms with Gasteiger partial charge < -0.3 is 10.1 Å². The van der Waals surface area contributed by atoms with Gasteiger partial charge in [0, 0.05) is 27.6 Å². The third-order valence-corrected chi connectivity index (χ3v) is 5.12. The Kier molecular flexibility index (Phi) is 7.38. The second-order valence-corrected chi connectivity index (χ2v) is 7.69. The Hall–Kier alpha value is -2.53. The summed E-state index contributed by atoms with van der Waals surface area (Å²) in [7, 11) is 0. The quantitative estimate of drug-likeness (QED) is 0.396. The van der Waals surface area contributed by atoms with Crippen LogP contribution in [0, 0.1) is 0 Å². The molecule has 0 saturated carbocycles. The summed E-state index contributed by atoms with van der Waals surface area (Å²) < 4.78 is 5.55. The molecular weight excluding hydrogens is 445 g/mol. The first-order chi connectivity index (χ1) is 14.4. The van der Waals surface area contributed by atoms with E-state index in [1.54, 1.807) is 42.5 Å². The van der Waals surface area contributed by atoms with Crippen molar-refractivity contribution in [2.75, 3.05) is 11.9 Å². The molecule has 0 radical (unpaired) electrons. The monoisotopic (exact) mass is 461 g/mol. The minimum absolute atomic E-state index is 0.0195. The van der Waals surface area contributed by atoms with Gasteiger partial charge in [0.15, 0.2) is 5.78 Å². The van der Waals surface area contributed by atoms with Gasteiger partial charge in [-0.1, -0.05) is 53.0 Å². The number of hydrogen-bond donors (Lipinski definition) is 1. The van der Waals surface area contributed by atoms with Gasteiger partial charge in [0.25, 0.3) is 5.91 Å². The maximum atomic E-state index is 13.0. The lowest BCUT2D eigenvalue weighted by atomic mass is 9.98. The first kappa shape index (κ1) is 22.2. The number of amides is 1. The predicted molar refractivity (Wildman–Crippen MR) is 122 cm³/mol. The molecule has 4 nitrogen and oxygen atoms in total. The molecule has 1 N–H and O–H groups in total. The van der Waals surface area contributed by atoms with Crippen LogP contribution >= 0.6 is 34.8 Å². The van der Waals surface area contributed by atoms with Crippen LogP contribution in [-0.4, -0.2) is 18.3 Å². The molecule has 3 aromatic carbocycles. The number of nitrogens with one attached hydrogen (secondary N) is 1. The zero-order valence-electron chi connectivity index (χ0n) is 16.0. The van der Waals surface area contributed by atoms with E-state index in [0.717, 1.165) is 0 Å². The van der Waals surface area contributed by atoms with Crippen molar-refractivity contribution in [1.29, 1.82) is 0 Å². The Morgan fingerprint density at radius 3 is 2.33 bits per heavy atom. The van der Waals surface area contributed by atoms with Crippen molar-refractivity contribution in [3.8, 4) is 5.75 Å². The van der Waals surface area contributed by atoms with E-state index in [-0.39, 0.29) is 17.2 Å². The average Bonchev–Trinajstić information content (AvgIpc) is 2.70. The van der Waals surface area contributed by atoms with Crippen LogP contribution in [-0.2, 0) is 6.42 Å². The SMILES string of the molecule is CCOc1ccccc1NC(=O)c1cc(Cl)ccc1CC(=O)c1ccc(Cl)cc1Cl. The Labute approximate surface area is 189 Å². The first-order valence-electron chi connectivity index (χ1n) is 9.19. The smallest absolute Gasteiger partial charge is 0.256 e. The van der Waals surface area contributed by atoms with Crippen LogP contribution in [0.4, 0.5) is 5.69 Å². The van der Waals surface area contributed by atoms with E-state index in [1.807, 2.05) is 13.0 Å². The second-order valence-electron chi connectivity index (χ2n) is 6.41. The number of anilines is 1. The highest BCUT2D eigenvalue weighted by Gasteiger charge is 2.18. The number of ketones is 1.